The van der Waals surface area contributed by atoms with Gasteiger partial charge in [-0.25, -0.2) is 22.9 Å². The fraction of sp³-hybridized carbons (Fsp3) is 0.261. The molecule has 3 rings (SSSR count). The van der Waals surface area contributed by atoms with Crippen molar-refractivity contribution in [2.75, 3.05) is 13.7 Å². The largest absolute Gasteiger partial charge is 0.494 e. The van der Waals surface area contributed by atoms with Crippen molar-refractivity contribution >= 4 is 10.0 Å². The smallest absolute Gasteiger partial charge is 0.238 e. The lowest BCUT2D eigenvalue weighted by Crippen LogP contribution is -2.11. The van der Waals surface area contributed by atoms with E-state index in [0.717, 1.165) is 12.8 Å². The SMILES string of the molecule is CCCCOc1nc(-c2ccc(OC)c(F)c2)c(-c2ccc(S(N)(=O)=O)cc2)cc1CO. The summed E-state index contributed by atoms with van der Waals surface area (Å²) in [5, 5.41) is 15.1. The van der Waals surface area contributed by atoms with Crippen LogP contribution >= 0.6 is 0 Å². The molecule has 3 N–H and O–H groups in total. The number of primary sulfonamides is 1. The molecular formula is C23H25FN2O5S. The Bertz CT molecular complexity index is 1200. The second kappa shape index (κ2) is 10.1. The molecule has 0 aliphatic rings. The number of aliphatic hydroxyl groups excluding tert-OH is 1. The third-order valence-electron chi connectivity index (χ3n) is 4.89. The van der Waals surface area contributed by atoms with E-state index in [0.29, 0.717) is 34.6 Å². The highest BCUT2D eigenvalue weighted by atomic mass is 32.2. The van der Waals surface area contributed by atoms with Gasteiger partial charge in [0.2, 0.25) is 15.9 Å². The average Bonchev–Trinajstić information content (AvgIpc) is 2.78. The number of halogens is 1. The summed E-state index contributed by atoms with van der Waals surface area (Å²) < 4.78 is 48.4. The summed E-state index contributed by atoms with van der Waals surface area (Å²) in [6.45, 7) is 2.15. The summed E-state index contributed by atoms with van der Waals surface area (Å²) in [5.74, 6) is -0.196. The maximum atomic E-state index is 14.4. The summed E-state index contributed by atoms with van der Waals surface area (Å²) in [6.07, 6.45) is 1.75. The van der Waals surface area contributed by atoms with Crippen LogP contribution in [0.1, 0.15) is 25.3 Å². The van der Waals surface area contributed by atoms with E-state index in [4.69, 9.17) is 14.6 Å². The molecule has 0 saturated carbocycles. The molecular weight excluding hydrogens is 435 g/mol. The van der Waals surface area contributed by atoms with Crippen LogP contribution in [0.15, 0.2) is 53.4 Å². The molecule has 0 unspecified atom stereocenters. The topological polar surface area (TPSA) is 112 Å². The zero-order valence-electron chi connectivity index (χ0n) is 17.8. The lowest BCUT2D eigenvalue weighted by molar-refractivity contribution is 0.255. The molecule has 0 radical (unpaired) electrons. The number of methoxy groups -OCH3 is 1. The molecule has 0 fully saturated rings. The van der Waals surface area contributed by atoms with Crippen molar-refractivity contribution in [3.63, 3.8) is 0 Å². The van der Waals surface area contributed by atoms with Gasteiger partial charge in [0.05, 0.1) is 30.9 Å². The van der Waals surface area contributed by atoms with Crippen LogP contribution in [0.5, 0.6) is 11.6 Å². The van der Waals surface area contributed by atoms with Crippen LogP contribution in [0.2, 0.25) is 0 Å². The summed E-state index contributed by atoms with van der Waals surface area (Å²) in [5.41, 5.74) is 2.54. The molecule has 170 valence electrons. The first-order valence-corrected chi connectivity index (χ1v) is 11.6. The van der Waals surface area contributed by atoms with Crippen molar-refractivity contribution in [1.29, 1.82) is 0 Å². The van der Waals surface area contributed by atoms with E-state index in [1.54, 1.807) is 24.3 Å². The van der Waals surface area contributed by atoms with Crippen molar-refractivity contribution in [3.05, 3.63) is 59.9 Å². The summed E-state index contributed by atoms with van der Waals surface area (Å²) in [7, 11) is -2.47. The van der Waals surface area contributed by atoms with Crippen molar-refractivity contribution in [2.45, 2.75) is 31.3 Å². The Labute approximate surface area is 186 Å². The van der Waals surface area contributed by atoms with Crippen LogP contribution < -0.4 is 14.6 Å². The minimum Gasteiger partial charge on any atom is -0.494 e. The van der Waals surface area contributed by atoms with Gasteiger partial charge in [-0.2, -0.15) is 0 Å². The molecule has 0 saturated heterocycles. The van der Waals surface area contributed by atoms with Gasteiger partial charge >= 0.3 is 0 Å². The van der Waals surface area contributed by atoms with Crippen LogP contribution in [0.3, 0.4) is 0 Å². The van der Waals surface area contributed by atoms with Gasteiger partial charge < -0.3 is 14.6 Å². The number of pyridine rings is 1. The maximum absolute atomic E-state index is 14.4. The Kier molecular flexibility index (Phi) is 7.44. The lowest BCUT2D eigenvalue weighted by atomic mass is 9.97. The van der Waals surface area contributed by atoms with E-state index in [-0.39, 0.29) is 23.1 Å². The number of rotatable bonds is 9. The number of aliphatic hydroxyl groups is 1. The molecule has 0 bridgehead atoms. The molecule has 32 heavy (non-hydrogen) atoms. The number of aromatic nitrogens is 1. The summed E-state index contributed by atoms with van der Waals surface area (Å²) in [4.78, 5) is 4.56. The highest BCUT2D eigenvalue weighted by Gasteiger charge is 2.18. The van der Waals surface area contributed by atoms with Gasteiger partial charge in [0, 0.05) is 16.7 Å². The van der Waals surface area contributed by atoms with E-state index >= 15 is 0 Å². The number of hydrogen-bond donors (Lipinski definition) is 2. The number of sulfonamides is 1. The van der Waals surface area contributed by atoms with E-state index in [1.807, 2.05) is 6.92 Å². The van der Waals surface area contributed by atoms with E-state index in [9.17, 15) is 17.9 Å². The first-order valence-electron chi connectivity index (χ1n) is 10.0. The van der Waals surface area contributed by atoms with Gasteiger partial charge in [0.15, 0.2) is 11.6 Å². The first kappa shape index (κ1) is 23.6. The van der Waals surface area contributed by atoms with E-state index in [2.05, 4.69) is 4.98 Å². The number of hydrogen-bond acceptors (Lipinski definition) is 6. The van der Waals surface area contributed by atoms with Crippen LogP contribution in [0, 0.1) is 5.82 Å². The van der Waals surface area contributed by atoms with Gasteiger partial charge in [0.1, 0.15) is 0 Å². The van der Waals surface area contributed by atoms with Crippen LogP contribution in [0.4, 0.5) is 4.39 Å². The predicted molar refractivity (Wildman–Crippen MR) is 119 cm³/mol. The normalized spacial score (nSPS) is 11.4. The summed E-state index contributed by atoms with van der Waals surface area (Å²) in [6, 6.07) is 12.1. The van der Waals surface area contributed by atoms with Gasteiger partial charge in [-0.1, -0.05) is 25.5 Å². The van der Waals surface area contributed by atoms with Gasteiger partial charge in [-0.05, 0) is 48.4 Å². The van der Waals surface area contributed by atoms with Crippen LogP contribution in [-0.2, 0) is 16.6 Å². The molecule has 3 aromatic rings. The maximum Gasteiger partial charge on any atom is 0.238 e. The Balaban J connectivity index is 2.19. The summed E-state index contributed by atoms with van der Waals surface area (Å²) >= 11 is 0. The highest BCUT2D eigenvalue weighted by Crippen LogP contribution is 2.36. The molecule has 1 aromatic heterocycles. The number of nitrogens with two attached hydrogens (primary N) is 1. The van der Waals surface area contributed by atoms with Crippen LogP contribution in [0.25, 0.3) is 22.4 Å². The lowest BCUT2D eigenvalue weighted by Gasteiger charge is -2.16. The Morgan fingerprint density at radius 3 is 2.34 bits per heavy atom. The average molecular weight is 461 g/mol. The Morgan fingerprint density at radius 2 is 1.78 bits per heavy atom. The molecule has 0 aliphatic carbocycles. The molecule has 7 nitrogen and oxygen atoms in total. The van der Waals surface area contributed by atoms with Crippen molar-refractivity contribution in [2.24, 2.45) is 5.14 Å². The zero-order valence-corrected chi connectivity index (χ0v) is 18.7. The Morgan fingerprint density at radius 1 is 1.09 bits per heavy atom. The molecule has 1 heterocycles. The Hall–Kier alpha value is -3.01. The highest BCUT2D eigenvalue weighted by molar-refractivity contribution is 7.89. The van der Waals surface area contributed by atoms with Gasteiger partial charge in [-0.3, -0.25) is 0 Å². The second-order valence-electron chi connectivity index (χ2n) is 7.13. The third-order valence-corrected chi connectivity index (χ3v) is 5.82. The molecule has 0 aliphatic heterocycles. The third kappa shape index (κ3) is 5.24. The molecule has 2 aromatic carbocycles. The minimum absolute atomic E-state index is 0.0341. The quantitative estimate of drug-likeness (QED) is 0.469. The zero-order chi connectivity index (χ0) is 23.3. The molecule has 0 amide bonds. The molecule has 9 heteroatoms. The number of ether oxygens (including phenoxy) is 2. The van der Waals surface area contributed by atoms with Gasteiger partial charge in [-0.15, -0.1) is 0 Å². The van der Waals surface area contributed by atoms with E-state index in [1.165, 1.54) is 31.4 Å². The predicted octanol–water partition coefficient (Wildman–Crippen LogP) is 3.88. The van der Waals surface area contributed by atoms with Crippen molar-refractivity contribution in [1.82, 2.24) is 4.98 Å². The number of unbranched alkanes of at least 4 members (excludes halogenated alkanes) is 1. The fourth-order valence-corrected chi connectivity index (χ4v) is 3.68. The monoisotopic (exact) mass is 460 g/mol. The molecule has 0 atom stereocenters. The number of benzene rings is 2. The van der Waals surface area contributed by atoms with Gasteiger partial charge in [0.25, 0.3) is 0 Å². The molecule has 0 spiro atoms. The van der Waals surface area contributed by atoms with E-state index < -0.39 is 15.8 Å². The van der Waals surface area contributed by atoms with Crippen molar-refractivity contribution in [3.8, 4) is 34.0 Å². The van der Waals surface area contributed by atoms with Crippen LogP contribution in [-0.4, -0.2) is 32.2 Å². The first-order chi connectivity index (χ1) is 15.3. The minimum atomic E-state index is -3.85. The number of nitrogens with zero attached hydrogens (tertiary/aromatic N) is 1. The fourth-order valence-electron chi connectivity index (χ4n) is 3.17. The van der Waals surface area contributed by atoms with Crippen molar-refractivity contribution < 1.29 is 27.4 Å². The standard InChI is InChI=1S/C23H25FN2O5S/c1-3-4-11-31-23-17(14-27)12-19(15-5-8-18(9-6-15)32(25,28)29)22(26-23)16-7-10-21(30-2)20(24)13-16/h5-10,12-13,27H,3-4,11,14H2,1-2H3,(H2,25,28,29). The second-order valence-corrected chi connectivity index (χ2v) is 8.69.